The van der Waals surface area contributed by atoms with Crippen LogP contribution in [0.2, 0.25) is 0 Å². The molecule has 0 aromatic carbocycles. The molecule has 0 radical (unpaired) electrons. The van der Waals surface area contributed by atoms with Crippen molar-refractivity contribution < 1.29 is 0 Å². The summed E-state index contributed by atoms with van der Waals surface area (Å²) in [5.74, 6) is 0.433. The molecule has 4 aromatic heterocycles. The molecule has 6 heteroatoms. The smallest absolute Gasteiger partial charge is 0.163 e. The molecule has 6 nitrogen and oxygen atoms in total. The van der Waals surface area contributed by atoms with Gasteiger partial charge in [0.25, 0.3) is 0 Å². The van der Waals surface area contributed by atoms with Gasteiger partial charge >= 0.3 is 0 Å². The van der Waals surface area contributed by atoms with Gasteiger partial charge in [-0.25, -0.2) is 9.50 Å². The van der Waals surface area contributed by atoms with E-state index in [2.05, 4.69) is 38.4 Å². The normalized spacial score (nSPS) is 17.6. The molecule has 4 aromatic rings. The summed E-state index contributed by atoms with van der Waals surface area (Å²) in [6, 6.07) is 10.2. The lowest BCUT2D eigenvalue weighted by molar-refractivity contribution is 0.195. The minimum atomic E-state index is 0.433. The largest absolute Gasteiger partial charge is 0.297 e. The van der Waals surface area contributed by atoms with Crippen molar-refractivity contribution >= 4 is 5.65 Å². The van der Waals surface area contributed by atoms with Crippen molar-refractivity contribution in [2.24, 2.45) is 0 Å². The molecule has 1 aliphatic rings. The van der Waals surface area contributed by atoms with Crippen LogP contribution in [-0.4, -0.2) is 42.6 Å². The molecular weight excluding hydrogens is 360 g/mol. The molecular formula is C23H24N6. The summed E-state index contributed by atoms with van der Waals surface area (Å²) in [5, 5.41) is 4.74. The molecule has 1 atom stereocenters. The van der Waals surface area contributed by atoms with Crippen LogP contribution in [0.3, 0.4) is 0 Å². The van der Waals surface area contributed by atoms with Gasteiger partial charge in [-0.2, -0.15) is 5.10 Å². The number of hydrogen-bond donors (Lipinski definition) is 0. The van der Waals surface area contributed by atoms with Gasteiger partial charge in [0, 0.05) is 49.4 Å². The van der Waals surface area contributed by atoms with Gasteiger partial charge in [0.2, 0.25) is 0 Å². The van der Waals surface area contributed by atoms with Crippen molar-refractivity contribution in [3.05, 3.63) is 78.3 Å². The Balaban J connectivity index is 1.48. The lowest BCUT2D eigenvalue weighted by atomic mass is 9.92. The second-order valence-electron chi connectivity index (χ2n) is 7.75. The second-order valence-corrected chi connectivity index (χ2v) is 7.75. The van der Waals surface area contributed by atoms with Gasteiger partial charge in [-0.05, 0) is 61.7 Å². The fraction of sp³-hybridized carbons (Fsp3) is 0.304. The van der Waals surface area contributed by atoms with Crippen molar-refractivity contribution in [1.82, 2.24) is 29.5 Å². The van der Waals surface area contributed by atoms with E-state index in [9.17, 15) is 0 Å². The van der Waals surface area contributed by atoms with Gasteiger partial charge in [0.1, 0.15) is 0 Å². The molecule has 0 amide bonds. The van der Waals surface area contributed by atoms with Crippen LogP contribution in [0.5, 0.6) is 0 Å². The number of aromatic nitrogens is 5. The van der Waals surface area contributed by atoms with Crippen molar-refractivity contribution in [2.75, 3.05) is 13.1 Å². The highest BCUT2D eigenvalue weighted by molar-refractivity contribution is 5.76. The monoisotopic (exact) mass is 384 g/mol. The zero-order chi connectivity index (χ0) is 19.6. The fourth-order valence-electron chi connectivity index (χ4n) is 4.41. The topological polar surface area (TPSA) is 59.2 Å². The van der Waals surface area contributed by atoms with Crippen LogP contribution in [0.4, 0.5) is 0 Å². The lowest BCUT2D eigenvalue weighted by Gasteiger charge is -2.33. The Morgan fingerprint density at radius 2 is 1.93 bits per heavy atom. The average molecular weight is 384 g/mol. The summed E-state index contributed by atoms with van der Waals surface area (Å²) in [5.41, 5.74) is 6.67. The number of nitrogens with zero attached hydrogens (tertiary/aromatic N) is 6. The molecule has 5 heterocycles. The van der Waals surface area contributed by atoms with Crippen LogP contribution in [0.25, 0.3) is 16.8 Å². The van der Waals surface area contributed by atoms with Gasteiger partial charge < -0.3 is 0 Å². The van der Waals surface area contributed by atoms with Crippen molar-refractivity contribution in [3.63, 3.8) is 0 Å². The maximum Gasteiger partial charge on any atom is 0.163 e. The molecule has 0 N–H and O–H groups in total. The molecule has 146 valence electrons. The quantitative estimate of drug-likeness (QED) is 0.534. The minimum Gasteiger partial charge on any atom is -0.297 e. The predicted molar refractivity (Wildman–Crippen MR) is 112 cm³/mol. The van der Waals surface area contributed by atoms with Gasteiger partial charge in [0.05, 0.1) is 17.6 Å². The van der Waals surface area contributed by atoms with Crippen LogP contribution in [0, 0.1) is 6.92 Å². The summed E-state index contributed by atoms with van der Waals surface area (Å²) < 4.78 is 2.06. The van der Waals surface area contributed by atoms with Crippen LogP contribution in [0.15, 0.2) is 61.3 Å². The maximum atomic E-state index is 4.74. The van der Waals surface area contributed by atoms with E-state index in [1.807, 2.05) is 49.2 Å². The Morgan fingerprint density at radius 1 is 1.03 bits per heavy atom. The zero-order valence-electron chi connectivity index (χ0n) is 16.6. The third-order valence-electron chi connectivity index (χ3n) is 5.75. The summed E-state index contributed by atoms with van der Waals surface area (Å²) >= 11 is 0. The van der Waals surface area contributed by atoms with Gasteiger partial charge in [-0.15, -0.1) is 0 Å². The summed E-state index contributed by atoms with van der Waals surface area (Å²) in [4.78, 5) is 15.9. The second kappa shape index (κ2) is 7.72. The number of aryl methyl sites for hydroxylation is 1. The zero-order valence-corrected chi connectivity index (χ0v) is 16.6. The number of fused-ring (bicyclic) bond motifs is 1. The van der Waals surface area contributed by atoms with E-state index in [0.29, 0.717) is 5.92 Å². The lowest BCUT2D eigenvalue weighted by Crippen LogP contribution is -2.35. The van der Waals surface area contributed by atoms with Crippen LogP contribution in [-0.2, 0) is 6.54 Å². The first-order chi connectivity index (χ1) is 14.3. The highest BCUT2D eigenvalue weighted by Gasteiger charge is 2.26. The highest BCUT2D eigenvalue weighted by atomic mass is 15.3. The number of likely N-dealkylation sites (tertiary alicyclic amines) is 1. The average Bonchev–Trinajstić information content (AvgIpc) is 3.19. The Labute approximate surface area is 170 Å². The maximum absolute atomic E-state index is 4.74. The number of pyridine rings is 2. The Bertz CT molecular complexity index is 1110. The van der Waals surface area contributed by atoms with Crippen molar-refractivity contribution in [3.8, 4) is 11.1 Å². The molecule has 0 aliphatic carbocycles. The van der Waals surface area contributed by atoms with E-state index in [-0.39, 0.29) is 0 Å². The molecule has 5 rings (SSSR count). The van der Waals surface area contributed by atoms with E-state index in [0.717, 1.165) is 42.1 Å². The van der Waals surface area contributed by atoms with Gasteiger partial charge in [-0.1, -0.05) is 6.07 Å². The molecule has 1 fully saturated rings. The number of rotatable bonds is 4. The van der Waals surface area contributed by atoms with E-state index in [4.69, 9.17) is 10.1 Å². The molecule has 1 unspecified atom stereocenters. The third kappa shape index (κ3) is 3.51. The van der Waals surface area contributed by atoms with E-state index in [1.54, 1.807) is 0 Å². The molecule has 29 heavy (non-hydrogen) atoms. The number of hydrogen-bond acceptors (Lipinski definition) is 5. The summed E-state index contributed by atoms with van der Waals surface area (Å²) in [7, 11) is 0. The Hall–Kier alpha value is -3.12. The molecule has 0 spiro atoms. The predicted octanol–water partition coefficient (Wildman–Crippen LogP) is 3.87. The summed E-state index contributed by atoms with van der Waals surface area (Å²) in [6.45, 7) is 5.17. The number of piperidine rings is 1. The minimum absolute atomic E-state index is 0.433. The molecule has 1 saturated heterocycles. The molecule has 1 aliphatic heterocycles. The van der Waals surface area contributed by atoms with Crippen molar-refractivity contribution in [2.45, 2.75) is 32.2 Å². The van der Waals surface area contributed by atoms with Crippen LogP contribution >= 0.6 is 0 Å². The SMILES string of the molecule is Cc1cnc2c(-c3ccncc3)cnn2c1C1CCCN(Cc2ccccn2)C1. The first-order valence-electron chi connectivity index (χ1n) is 10.2. The molecule has 0 bridgehead atoms. The summed E-state index contributed by atoms with van der Waals surface area (Å²) in [6.07, 6.45) is 11.8. The highest BCUT2D eigenvalue weighted by Crippen LogP contribution is 2.32. The molecule has 0 saturated carbocycles. The van der Waals surface area contributed by atoms with E-state index in [1.165, 1.54) is 24.1 Å². The van der Waals surface area contributed by atoms with Gasteiger partial charge in [0.15, 0.2) is 5.65 Å². The van der Waals surface area contributed by atoms with Crippen LogP contribution < -0.4 is 0 Å². The third-order valence-corrected chi connectivity index (χ3v) is 5.75. The standard InChI is InChI=1S/C23H24N6/c1-17-13-26-23-21(18-7-10-24-11-8-18)14-27-29(23)22(17)19-5-4-12-28(15-19)16-20-6-2-3-9-25-20/h2-3,6-11,13-14,19H,4-5,12,15-16H2,1H3. The fourth-order valence-corrected chi connectivity index (χ4v) is 4.41. The van der Waals surface area contributed by atoms with Gasteiger partial charge in [-0.3, -0.25) is 14.9 Å². The Morgan fingerprint density at radius 3 is 2.76 bits per heavy atom. The first kappa shape index (κ1) is 17.9. The van der Waals surface area contributed by atoms with Crippen molar-refractivity contribution in [1.29, 1.82) is 0 Å². The van der Waals surface area contributed by atoms with Crippen LogP contribution in [0.1, 0.15) is 35.7 Å². The van der Waals surface area contributed by atoms with E-state index < -0.39 is 0 Å². The Kier molecular flexibility index (Phi) is 4.77. The first-order valence-corrected chi connectivity index (χ1v) is 10.2. The van der Waals surface area contributed by atoms with E-state index >= 15 is 0 Å².